The third kappa shape index (κ3) is 5.92. The third-order valence-corrected chi connectivity index (χ3v) is 5.49. The van der Waals surface area contributed by atoms with E-state index in [1.165, 1.54) is 37.7 Å². The number of para-hydroxylation sites is 2. The van der Waals surface area contributed by atoms with Crippen LogP contribution < -0.4 is 9.88 Å². The highest BCUT2D eigenvalue weighted by Crippen LogP contribution is 2.14. The Morgan fingerprint density at radius 3 is 2.53 bits per heavy atom. The molecule has 0 spiro atoms. The molecule has 1 aromatic heterocycles. The number of H-pyrrole nitrogens is 1. The Balaban J connectivity index is 1.66. The predicted molar refractivity (Wildman–Crippen MR) is 122 cm³/mol. The molecule has 0 bridgehead atoms. The minimum atomic E-state index is 0.0875. The van der Waals surface area contributed by atoms with E-state index < -0.39 is 0 Å². The van der Waals surface area contributed by atoms with Gasteiger partial charge in [0.2, 0.25) is 0 Å². The number of ketones is 1. The van der Waals surface area contributed by atoms with Gasteiger partial charge in [0.15, 0.2) is 5.78 Å². The first-order valence-electron chi connectivity index (χ1n) is 11.2. The summed E-state index contributed by atoms with van der Waals surface area (Å²) in [4.78, 5) is 16.3. The number of benzene rings is 2. The highest BCUT2D eigenvalue weighted by atomic mass is 16.3. The number of aryl methyl sites for hydroxylation is 1. The largest absolute Gasteiger partial charge is 0.396 e. The second kappa shape index (κ2) is 11.5. The van der Waals surface area contributed by atoms with E-state index in [2.05, 4.69) is 29.4 Å². The minimum absolute atomic E-state index is 0.0875. The summed E-state index contributed by atoms with van der Waals surface area (Å²) >= 11 is 0. The fourth-order valence-electron chi connectivity index (χ4n) is 3.74. The van der Waals surface area contributed by atoms with Crippen molar-refractivity contribution in [3.63, 3.8) is 0 Å². The number of nitrogens with one attached hydrogen (secondary N) is 2. The Kier molecular flexibility index (Phi) is 8.45. The molecule has 2 aromatic carbocycles. The van der Waals surface area contributed by atoms with Gasteiger partial charge in [0.05, 0.1) is 6.54 Å². The lowest BCUT2D eigenvalue weighted by molar-refractivity contribution is -0.642. The molecule has 0 aliphatic carbocycles. The van der Waals surface area contributed by atoms with Crippen molar-refractivity contribution in [1.29, 1.82) is 0 Å². The molecule has 3 aromatic rings. The molecule has 0 saturated heterocycles. The number of Topliss-reactive ketones (excluding diaryl/α,β-unsaturated/α-hetero) is 1. The zero-order chi connectivity index (χ0) is 21.2. The second-order valence-electron chi connectivity index (χ2n) is 7.87. The predicted octanol–water partition coefficient (Wildman–Crippen LogP) is 4.65. The van der Waals surface area contributed by atoms with E-state index >= 15 is 0 Å². The molecule has 0 saturated carbocycles. The quantitative estimate of drug-likeness (QED) is 0.219. The van der Waals surface area contributed by atoms with E-state index in [0.717, 1.165) is 29.0 Å². The molecule has 0 atom stereocenters. The number of imidazole rings is 1. The third-order valence-electron chi connectivity index (χ3n) is 5.49. The van der Waals surface area contributed by atoms with Gasteiger partial charge in [-0.05, 0) is 30.5 Å². The molecule has 1 heterocycles. The van der Waals surface area contributed by atoms with Crippen LogP contribution in [0.3, 0.4) is 0 Å². The first-order chi connectivity index (χ1) is 14.7. The van der Waals surface area contributed by atoms with E-state index in [9.17, 15) is 4.79 Å². The summed E-state index contributed by atoms with van der Waals surface area (Å²) in [7, 11) is 0. The summed E-state index contributed by atoms with van der Waals surface area (Å²) in [5, 5.41) is 12.4. The van der Waals surface area contributed by atoms with Crippen LogP contribution in [0.15, 0.2) is 48.5 Å². The lowest BCUT2D eigenvalue weighted by Gasteiger charge is -2.06. The highest BCUT2D eigenvalue weighted by molar-refractivity contribution is 5.95. The molecule has 30 heavy (non-hydrogen) atoms. The Morgan fingerprint density at radius 1 is 1.00 bits per heavy atom. The number of carbonyl (C=O) groups excluding carboxylic acids is 1. The Morgan fingerprint density at radius 2 is 1.77 bits per heavy atom. The standard InChI is InChI=1S/C25H33N3O2/c1-2-3-4-5-6-10-20-13-15-21(16-14-20)24(30)19-28-23-12-8-7-11-22(23)27-25(28)26-17-9-18-29/h7-8,11-16,29H,2-6,9-10,17-19H2,1H3,(H,26,27)/p+1. The summed E-state index contributed by atoms with van der Waals surface area (Å²) in [6.07, 6.45) is 8.11. The second-order valence-corrected chi connectivity index (χ2v) is 7.87. The van der Waals surface area contributed by atoms with Crippen molar-refractivity contribution in [2.75, 3.05) is 18.5 Å². The van der Waals surface area contributed by atoms with Gasteiger partial charge >= 0.3 is 5.95 Å². The number of anilines is 1. The van der Waals surface area contributed by atoms with Crippen LogP contribution in [0.2, 0.25) is 0 Å². The molecule has 160 valence electrons. The zero-order valence-electron chi connectivity index (χ0n) is 18.0. The molecular formula is C25H34N3O2+. The normalized spacial score (nSPS) is 11.1. The maximum atomic E-state index is 13.0. The maximum absolute atomic E-state index is 13.0. The molecule has 0 radical (unpaired) electrons. The monoisotopic (exact) mass is 408 g/mol. The van der Waals surface area contributed by atoms with Gasteiger partial charge < -0.3 is 5.11 Å². The highest BCUT2D eigenvalue weighted by Gasteiger charge is 2.20. The zero-order valence-corrected chi connectivity index (χ0v) is 18.0. The number of nitrogens with zero attached hydrogens (tertiary/aromatic N) is 1. The lowest BCUT2D eigenvalue weighted by Crippen LogP contribution is -2.40. The number of fused-ring (bicyclic) bond motifs is 1. The molecule has 3 N–H and O–H groups in total. The lowest BCUT2D eigenvalue weighted by atomic mass is 10.0. The van der Waals surface area contributed by atoms with E-state index in [1.807, 2.05) is 41.0 Å². The average Bonchev–Trinajstić information content (AvgIpc) is 3.11. The summed E-state index contributed by atoms with van der Waals surface area (Å²) in [6, 6.07) is 16.1. The van der Waals surface area contributed by atoms with Crippen molar-refractivity contribution >= 4 is 22.8 Å². The molecule has 0 fully saturated rings. The number of hydrogen-bond acceptors (Lipinski definition) is 3. The summed E-state index contributed by atoms with van der Waals surface area (Å²) in [5.74, 6) is 0.881. The SMILES string of the molecule is CCCCCCCc1ccc(C(=O)C[n+]2c(NCCCO)[nH]c3ccccc32)cc1. The van der Waals surface area contributed by atoms with Gasteiger partial charge in [-0.15, -0.1) is 0 Å². The first-order valence-corrected chi connectivity index (χ1v) is 11.2. The van der Waals surface area contributed by atoms with Crippen LogP contribution in [-0.4, -0.2) is 29.0 Å². The van der Waals surface area contributed by atoms with Crippen LogP contribution in [0.25, 0.3) is 11.0 Å². The number of carbonyl (C=O) groups is 1. The number of rotatable bonds is 13. The van der Waals surface area contributed by atoms with Crippen molar-refractivity contribution in [3.05, 3.63) is 59.7 Å². The van der Waals surface area contributed by atoms with Gasteiger partial charge in [-0.2, -0.15) is 0 Å². The number of hydrogen-bond donors (Lipinski definition) is 3. The van der Waals surface area contributed by atoms with Gasteiger partial charge in [0.25, 0.3) is 0 Å². The van der Waals surface area contributed by atoms with Crippen LogP contribution in [0.4, 0.5) is 5.95 Å². The summed E-state index contributed by atoms with van der Waals surface area (Å²) in [5.41, 5.74) is 4.01. The van der Waals surface area contributed by atoms with Gasteiger partial charge in [0, 0.05) is 18.6 Å². The summed E-state index contributed by atoms with van der Waals surface area (Å²) in [6.45, 7) is 3.28. The fourth-order valence-corrected chi connectivity index (χ4v) is 3.74. The summed E-state index contributed by atoms with van der Waals surface area (Å²) < 4.78 is 1.98. The number of aromatic nitrogens is 2. The van der Waals surface area contributed by atoms with Crippen LogP contribution in [0.5, 0.6) is 0 Å². The van der Waals surface area contributed by atoms with Crippen LogP contribution >= 0.6 is 0 Å². The molecule has 5 heteroatoms. The van der Waals surface area contributed by atoms with Gasteiger partial charge in [0.1, 0.15) is 17.6 Å². The van der Waals surface area contributed by atoms with Crippen LogP contribution in [-0.2, 0) is 13.0 Å². The number of unbranched alkanes of at least 4 members (excludes halogenated alkanes) is 4. The molecular weight excluding hydrogens is 374 g/mol. The molecule has 0 aliphatic rings. The van der Waals surface area contributed by atoms with E-state index in [1.54, 1.807) is 0 Å². The topological polar surface area (TPSA) is 69.0 Å². The van der Waals surface area contributed by atoms with Crippen LogP contribution in [0, 0.1) is 0 Å². The van der Waals surface area contributed by atoms with Crippen LogP contribution in [0.1, 0.15) is 61.4 Å². The number of aliphatic hydroxyl groups excluding tert-OH is 1. The van der Waals surface area contributed by atoms with Crippen molar-refractivity contribution < 1.29 is 14.5 Å². The van der Waals surface area contributed by atoms with Crippen molar-refractivity contribution in [2.45, 2.75) is 58.4 Å². The minimum Gasteiger partial charge on any atom is -0.396 e. The van der Waals surface area contributed by atoms with Gasteiger partial charge in [-0.1, -0.05) is 69.0 Å². The average molecular weight is 409 g/mol. The van der Waals surface area contributed by atoms with E-state index in [-0.39, 0.29) is 18.9 Å². The smallest absolute Gasteiger partial charge is 0.356 e. The molecule has 3 rings (SSSR count). The molecule has 0 amide bonds. The molecule has 0 unspecified atom stereocenters. The fraction of sp³-hybridized carbons (Fsp3) is 0.440. The van der Waals surface area contributed by atoms with Crippen molar-refractivity contribution in [1.82, 2.24) is 4.98 Å². The molecule has 5 nitrogen and oxygen atoms in total. The Bertz CT molecular complexity index is 931. The Hall–Kier alpha value is -2.66. The molecule has 0 aliphatic heterocycles. The Labute approximate surface area is 179 Å². The first kappa shape index (κ1) is 22.0. The van der Waals surface area contributed by atoms with Gasteiger partial charge in [-0.3, -0.25) is 10.1 Å². The van der Waals surface area contributed by atoms with Crippen molar-refractivity contribution in [3.8, 4) is 0 Å². The number of aliphatic hydroxyl groups is 1. The number of aromatic amines is 1. The van der Waals surface area contributed by atoms with Gasteiger partial charge in [-0.25, -0.2) is 9.55 Å². The van der Waals surface area contributed by atoms with E-state index in [0.29, 0.717) is 13.0 Å². The van der Waals surface area contributed by atoms with E-state index in [4.69, 9.17) is 5.11 Å². The van der Waals surface area contributed by atoms with Crippen molar-refractivity contribution in [2.24, 2.45) is 0 Å². The maximum Gasteiger partial charge on any atom is 0.356 e.